The third kappa shape index (κ3) is 4.58. The number of benzene rings is 1. The minimum atomic E-state index is -0.136. The standard InChI is InChI=1S/C19H19N3O3S/c1-13-18(19(23)21-10-14-5-7-15(24-2)8-6-14)26-17(22-13)12-25-16-4-3-9-20-11-16/h3-9,11H,10,12H2,1-2H3,(H,21,23). The molecule has 0 radical (unpaired) electrons. The highest BCUT2D eigenvalue weighted by Gasteiger charge is 2.15. The molecule has 134 valence electrons. The van der Waals surface area contributed by atoms with Crippen LogP contribution < -0.4 is 14.8 Å². The van der Waals surface area contributed by atoms with Gasteiger partial charge in [0.05, 0.1) is 19.0 Å². The molecular formula is C19H19N3O3S. The largest absolute Gasteiger partial charge is 0.497 e. The number of aromatic nitrogens is 2. The molecule has 1 N–H and O–H groups in total. The van der Waals surface area contributed by atoms with Gasteiger partial charge in [-0.05, 0) is 36.8 Å². The molecule has 0 bridgehead atoms. The summed E-state index contributed by atoms with van der Waals surface area (Å²) in [6.07, 6.45) is 3.33. The third-order valence-electron chi connectivity index (χ3n) is 3.66. The first-order valence-electron chi connectivity index (χ1n) is 8.06. The van der Waals surface area contributed by atoms with Crippen LogP contribution in [0.5, 0.6) is 11.5 Å². The average molecular weight is 369 g/mol. The van der Waals surface area contributed by atoms with Gasteiger partial charge in [-0.15, -0.1) is 11.3 Å². The Bertz CT molecular complexity index is 863. The first-order chi connectivity index (χ1) is 12.7. The molecule has 0 saturated heterocycles. The number of methoxy groups -OCH3 is 1. The van der Waals surface area contributed by atoms with Crippen LogP contribution in [0, 0.1) is 6.92 Å². The minimum Gasteiger partial charge on any atom is -0.497 e. The summed E-state index contributed by atoms with van der Waals surface area (Å²) >= 11 is 1.34. The minimum absolute atomic E-state index is 0.136. The lowest BCUT2D eigenvalue weighted by molar-refractivity contribution is 0.0954. The molecule has 0 atom stereocenters. The Kier molecular flexibility index (Phi) is 5.80. The van der Waals surface area contributed by atoms with E-state index in [1.54, 1.807) is 25.6 Å². The number of carbonyl (C=O) groups is 1. The maximum atomic E-state index is 12.4. The molecule has 0 saturated carbocycles. The molecule has 0 aliphatic carbocycles. The molecule has 0 unspecified atom stereocenters. The van der Waals surface area contributed by atoms with Gasteiger partial charge >= 0.3 is 0 Å². The van der Waals surface area contributed by atoms with Crippen molar-refractivity contribution >= 4 is 17.2 Å². The van der Waals surface area contributed by atoms with Crippen molar-refractivity contribution < 1.29 is 14.3 Å². The Labute approximate surface area is 155 Å². The number of amides is 1. The predicted octanol–water partition coefficient (Wildman–Crippen LogP) is 3.36. The predicted molar refractivity (Wildman–Crippen MR) is 99.6 cm³/mol. The molecule has 0 spiro atoms. The molecule has 2 heterocycles. The molecule has 1 amide bonds. The van der Waals surface area contributed by atoms with Gasteiger partial charge in [-0.25, -0.2) is 4.98 Å². The van der Waals surface area contributed by atoms with Crippen LogP contribution in [0.3, 0.4) is 0 Å². The van der Waals surface area contributed by atoms with Crippen molar-refractivity contribution in [3.8, 4) is 11.5 Å². The van der Waals surface area contributed by atoms with Crippen molar-refractivity contribution in [2.75, 3.05) is 7.11 Å². The number of nitrogens with one attached hydrogen (secondary N) is 1. The Morgan fingerprint density at radius 3 is 2.69 bits per heavy atom. The fraction of sp³-hybridized carbons (Fsp3) is 0.211. The number of hydrogen-bond donors (Lipinski definition) is 1. The third-order valence-corrected chi connectivity index (χ3v) is 4.79. The van der Waals surface area contributed by atoms with E-state index in [1.165, 1.54) is 11.3 Å². The topological polar surface area (TPSA) is 73.3 Å². The summed E-state index contributed by atoms with van der Waals surface area (Å²) in [5.41, 5.74) is 1.70. The Morgan fingerprint density at radius 1 is 1.19 bits per heavy atom. The second kappa shape index (κ2) is 8.44. The lowest BCUT2D eigenvalue weighted by Gasteiger charge is -2.05. The summed E-state index contributed by atoms with van der Waals surface area (Å²) in [6.45, 7) is 2.58. The zero-order valence-corrected chi connectivity index (χ0v) is 15.4. The average Bonchev–Trinajstić information content (AvgIpc) is 3.06. The molecule has 0 aliphatic rings. The van der Waals surface area contributed by atoms with E-state index in [0.717, 1.165) is 16.3 Å². The lowest BCUT2D eigenvalue weighted by Crippen LogP contribution is -2.22. The van der Waals surface area contributed by atoms with E-state index < -0.39 is 0 Å². The highest BCUT2D eigenvalue weighted by atomic mass is 32.1. The molecule has 1 aromatic carbocycles. The highest BCUT2D eigenvalue weighted by Crippen LogP contribution is 2.20. The van der Waals surface area contributed by atoms with Gasteiger partial charge in [-0.2, -0.15) is 0 Å². The molecule has 0 fully saturated rings. The smallest absolute Gasteiger partial charge is 0.263 e. The number of carbonyl (C=O) groups excluding carboxylic acids is 1. The number of nitrogens with zero attached hydrogens (tertiary/aromatic N) is 2. The Hall–Kier alpha value is -2.93. The number of aryl methyl sites for hydroxylation is 1. The van der Waals surface area contributed by atoms with Crippen LogP contribution in [0.4, 0.5) is 0 Å². The van der Waals surface area contributed by atoms with Crippen molar-refractivity contribution in [2.24, 2.45) is 0 Å². The van der Waals surface area contributed by atoms with Crippen LogP contribution in [0.1, 0.15) is 25.9 Å². The molecule has 26 heavy (non-hydrogen) atoms. The summed E-state index contributed by atoms with van der Waals surface area (Å²) < 4.78 is 10.8. The van der Waals surface area contributed by atoms with E-state index in [1.807, 2.05) is 37.3 Å². The quantitative estimate of drug-likeness (QED) is 0.691. The van der Waals surface area contributed by atoms with Gasteiger partial charge in [-0.3, -0.25) is 9.78 Å². The maximum Gasteiger partial charge on any atom is 0.263 e. The molecule has 7 heteroatoms. The number of thiazole rings is 1. The second-order valence-electron chi connectivity index (χ2n) is 5.53. The monoisotopic (exact) mass is 369 g/mol. The van der Waals surface area contributed by atoms with Gasteiger partial charge in [0.25, 0.3) is 5.91 Å². The fourth-order valence-corrected chi connectivity index (χ4v) is 3.20. The molecule has 0 aliphatic heterocycles. The fourth-order valence-electron chi connectivity index (χ4n) is 2.31. The number of pyridine rings is 1. The van der Waals surface area contributed by atoms with Gasteiger partial charge in [0.2, 0.25) is 0 Å². The van der Waals surface area contributed by atoms with Crippen molar-refractivity contribution in [3.63, 3.8) is 0 Å². The first-order valence-corrected chi connectivity index (χ1v) is 8.87. The second-order valence-corrected chi connectivity index (χ2v) is 6.61. The van der Waals surface area contributed by atoms with Crippen LogP contribution in [0.15, 0.2) is 48.8 Å². The van der Waals surface area contributed by atoms with Crippen LogP contribution in [0.25, 0.3) is 0 Å². The highest BCUT2D eigenvalue weighted by molar-refractivity contribution is 7.13. The van der Waals surface area contributed by atoms with Crippen LogP contribution in [0.2, 0.25) is 0 Å². The summed E-state index contributed by atoms with van der Waals surface area (Å²) in [5, 5.41) is 3.67. The molecule has 6 nitrogen and oxygen atoms in total. The number of ether oxygens (including phenoxy) is 2. The van der Waals surface area contributed by atoms with Crippen LogP contribution in [-0.2, 0) is 13.2 Å². The normalized spacial score (nSPS) is 10.4. The van der Waals surface area contributed by atoms with E-state index >= 15 is 0 Å². The zero-order chi connectivity index (χ0) is 18.4. The van der Waals surface area contributed by atoms with Crippen LogP contribution >= 0.6 is 11.3 Å². The molecular weight excluding hydrogens is 350 g/mol. The number of hydrogen-bond acceptors (Lipinski definition) is 6. The van der Waals surface area contributed by atoms with E-state index in [0.29, 0.717) is 29.5 Å². The van der Waals surface area contributed by atoms with E-state index in [2.05, 4.69) is 15.3 Å². The summed E-state index contributed by atoms with van der Waals surface area (Å²) in [6, 6.07) is 11.2. The summed E-state index contributed by atoms with van der Waals surface area (Å²) in [4.78, 5) is 21.5. The van der Waals surface area contributed by atoms with Gasteiger partial charge in [0, 0.05) is 12.7 Å². The summed E-state index contributed by atoms with van der Waals surface area (Å²) in [7, 11) is 1.62. The van der Waals surface area contributed by atoms with Crippen LogP contribution in [-0.4, -0.2) is 23.0 Å². The van der Waals surface area contributed by atoms with Gasteiger partial charge < -0.3 is 14.8 Å². The summed E-state index contributed by atoms with van der Waals surface area (Å²) in [5.74, 6) is 1.32. The van der Waals surface area contributed by atoms with Gasteiger partial charge in [0.1, 0.15) is 28.0 Å². The SMILES string of the molecule is COc1ccc(CNC(=O)c2sc(COc3cccnc3)nc2C)cc1. The van der Waals surface area contributed by atoms with Crippen molar-refractivity contribution in [3.05, 3.63) is 69.9 Å². The maximum absolute atomic E-state index is 12.4. The van der Waals surface area contributed by atoms with Crippen molar-refractivity contribution in [1.82, 2.24) is 15.3 Å². The van der Waals surface area contributed by atoms with E-state index in [-0.39, 0.29) is 5.91 Å². The van der Waals surface area contributed by atoms with Crippen molar-refractivity contribution in [1.29, 1.82) is 0 Å². The Balaban J connectivity index is 1.57. The van der Waals surface area contributed by atoms with E-state index in [9.17, 15) is 4.79 Å². The number of rotatable bonds is 7. The van der Waals surface area contributed by atoms with Gasteiger partial charge in [0.15, 0.2) is 0 Å². The van der Waals surface area contributed by atoms with Gasteiger partial charge in [-0.1, -0.05) is 12.1 Å². The van der Waals surface area contributed by atoms with E-state index in [4.69, 9.17) is 9.47 Å². The molecule has 2 aromatic heterocycles. The van der Waals surface area contributed by atoms with Crippen molar-refractivity contribution in [2.45, 2.75) is 20.1 Å². The first kappa shape index (κ1) is 17.9. The molecule has 3 aromatic rings. The Morgan fingerprint density at radius 2 is 2.00 bits per heavy atom. The zero-order valence-electron chi connectivity index (χ0n) is 14.6. The molecule has 3 rings (SSSR count). The lowest BCUT2D eigenvalue weighted by atomic mass is 10.2.